The summed E-state index contributed by atoms with van der Waals surface area (Å²) in [6.07, 6.45) is -0.234. The van der Waals surface area contributed by atoms with Gasteiger partial charge in [-0.25, -0.2) is 4.79 Å². The van der Waals surface area contributed by atoms with Crippen molar-refractivity contribution in [2.45, 2.75) is 19.9 Å². The van der Waals surface area contributed by atoms with Gasteiger partial charge in [-0.1, -0.05) is 18.2 Å². The van der Waals surface area contributed by atoms with Crippen molar-refractivity contribution in [2.24, 2.45) is 0 Å². The van der Waals surface area contributed by atoms with Crippen LogP contribution in [0.1, 0.15) is 25.5 Å². The van der Waals surface area contributed by atoms with Gasteiger partial charge in [-0.3, -0.25) is 4.90 Å². The Morgan fingerprint density at radius 1 is 1.30 bits per heavy atom. The Bertz CT molecular complexity index is 456. The van der Waals surface area contributed by atoms with E-state index < -0.39 is 0 Å². The first-order chi connectivity index (χ1) is 9.63. The lowest BCUT2D eigenvalue weighted by atomic mass is 10.1. The van der Waals surface area contributed by atoms with Crippen molar-refractivity contribution < 1.29 is 14.6 Å². The minimum absolute atomic E-state index is 0.139. The van der Waals surface area contributed by atoms with Crippen molar-refractivity contribution in [3.05, 3.63) is 29.8 Å². The molecule has 20 heavy (non-hydrogen) atoms. The highest BCUT2D eigenvalue weighted by molar-refractivity contribution is 5.67. The Hall–Kier alpha value is -1.75. The van der Waals surface area contributed by atoms with Gasteiger partial charge in [-0.05, 0) is 19.9 Å². The maximum atomic E-state index is 11.6. The molecule has 0 radical (unpaired) electrons. The van der Waals surface area contributed by atoms with Crippen LogP contribution < -0.4 is 0 Å². The van der Waals surface area contributed by atoms with Gasteiger partial charge in [0, 0.05) is 37.8 Å². The van der Waals surface area contributed by atoms with E-state index in [-0.39, 0.29) is 12.1 Å². The zero-order chi connectivity index (χ0) is 14.5. The number of benzene rings is 1. The smallest absolute Gasteiger partial charge is 0.409 e. The number of piperazine rings is 1. The molecule has 1 unspecified atom stereocenters. The molecule has 1 atom stereocenters. The van der Waals surface area contributed by atoms with E-state index in [1.54, 1.807) is 11.0 Å². The maximum absolute atomic E-state index is 11.6. The van der Waals surface area contributed by atoms with Gasteiger partial charge in [0.25, 0.3) is 0 Å². The molecule has 0 bridgehead atoms. The average molecular weight is 278 g/mol. The number of hydrogen-bond donors (Lipinski definition) is 1. The molecular formula is C15H22N2O3. The van der Waals surface area contributed by atoms with E-state index in [2.05, 4.69) is 11.8 Å². The summed E-state index contributed by atoms with van der Waals surface area (Å²) in [5, 5.41) is 9.91. The van der Waals surface area contributed by atoms with Gasteiger partial charge in [0.05, 0.1) is 6.61 Å². The topological polar surface area (TPSA) is 53.0 Å². The molecule has 110 valence electrons. The zero-order valence-electron chi connectivity index (χ0n) is 12.1. The maximum Gasteiger partial charge on any atom is 0.409 e. The number of ether oxygens (including phenoxy) is 1. The van der Waals surface area contributed by atoms with Crippen LogP contribution in [0, 0.1) is 0 Å². The zero-order valence-corrected chi connectivity index (χ0v) is 12.1. The number of phenols is 1. The summed E-state index contributed by atoms with van der Waals surface area (Å²) in [4.78, 5) is 15.6. The number of hydrogen-bond acceptors (Lipinski definition) is 4. The van der Waals surface area contributed by atoms with Crippen LogP contribution in [-0.2, 0) is 4.74 Å². The van der Waals surface area contributed by atoms with Crippen LogP contribution in [-0.4, -0.2) is 53.8 Å². The van der Waals surface area contributed by atoms with Crippen LogP contribution in [0.5, 0.6) is 5.75 Å². The van der Waals surface area contributed by atoms with Crippen LogP contribution in [0.3, 0.4) is 0 Å². The SMILES string of the molecule is CCOC(=O)N1CCN(C(C)c2ccccc2O)CC1. The summed E-state index contributed by atoms with van der Waals surface area (Å²) in [5.74, 6) is 0.327. The standard InChI is InChI=1S/C15H22N2O3/c1-3-20-15(19)17-10-8-16(9-11-17)12(2)13-6-4-5-7-14(13)18/h4-7,12,18H,3,8-11H2,1-2H3. The van der Waals surface area contributed by atoms with Gasteiger partial charge in [0.15, 0.2) is 0 Å². The van der Waals surface area contributed by atoms with Gasteiger partial charge in [-0.2, -0.15) is 0 Å². The molecule has 0 saturated carbocycles. The second-order valence-corrected chi connectivity index (χ2v) is 4.96. The van der Waals surface area contributed by atoms with Crippen molar-refractivity contribution in [3.63, 3.8) is 0 Å². The molecule has 1 aromatic rings. The normalized spacial score (nSPS) is 17.8. The van der Waals surface area contributed by atoms with E-state index in [1.165, 1.54) is 0 Å². The molecule has 1 saturated heterocycles. The van der Waals surface area contributed by atoms with Gasteiger partial charge in [-0.15, -0.1) is 0 Å². The Labute approximate surface area is 119 Å². The van der Waals surface area contributed by atoms with Crippen LogP contribution in [0.15, 0.2) is 24.3 Å². The number of phenolic OH excluding ortho intramolecular Hbond substituents is 1. The first-order valence-corrected chi connectivity index (χ1v) is 7.07. The van der Waals surface area contributed by atoms with Crippen molar-refractivity contribution >= 4 is 6.09 Å². The molecule has 1 amide bonds. The molecule has 1 heterocycles. The number of amides is 1. The molecule has 1 aromatic carbocycles. The molecular weight excluding hydrogens is 256 g/mol. The molecule has 1 N–H and O–H groups in total. The molecule has 1 fully saturated rings. The predicted molar refractivity (Wildman–Crippen MR) is 76.7 cm³/mol. The Morgan fingerprint density at radius 3 is 2.55 bits per heavy atom. The fourth-order valence-corrected chi connectivity index (χ4v) is 2.54. The molecule has 5 heteroatoms. The van der Waals surface area contributed by atoms with Gasteiger partial charge in [0.2, 0.25) is 0 Å². The lowest BCUT2D eigenvalue weighted by Gasteiger charge is -2.37. The van der Waals surface area contributed by atoms with Crippen LogP contribution >= 0.6 is 0 Å². The summed E-state index contributed by atoms with van der Waals surface area (Å²) in [6.45, 7) is 7.20. The van der Waals surface area contributed by atoms with Crippen molar-refractivity contribution in [1.82, 2.24) is 9.80 Å². The molecule has 0 spiro atoms. The van der Waals surface area contributed by atoms with Crippen molar-refractivity contribution in [3.8, 4) is 5.75 Å². The summed E-state index contributed by atoms with van der Waals surface area (Å²) in [6, 6.07) is 7.55. The second kappa shape index (κ2) is 6.61. The highest BCUT2D eigenvalue weighted by atomic mass is 16.6. The Morgan fingerprint density at radius 2 is 1.95 bits per heavy atom. The first-order valence-electron chi connectivity index (χ1n) is 7.07. The van der Waals surface area contributed by atoms with E-state index in [4.69, 9.17) is 4.74 Å². The summed E-state index contributed by atoms with van der Waals surface area (Å²) >= 11 is 0. The van der Waals surface area contributed by atoms with Crippen molar-refractivity contribution in [2.75, 3.05) is 32.8 Å². The quantitative estimate of drug-likeness (QED) is 0.921. The number of carbonyl (C=O) groups is 1. The van der Waals surface area contributed by atoms with Gasteiger partial charge in [0.1, 0.15) is 5.75 Å². The number of para-hydroxylation sites is 1. The summed E-state index contributed by atoms with van der Waals surface area (Å²) < 4.78 is 5.01. The fourth-order valence-electron chi connectivity index (χ4n) is 2.54. The fraction of sp³-hybridized carbons (Fsp3) is 0.533. The Kier molecular flexibility index (Phi) is 4.84. The molecule has 1 aliphatic heterocycles. The number of nitrogens with zero attached hydrogens (tertiary/aromatic N) is 2. The second-order valence-electron chi connectivity index (χ2n) is 4.96. The lowest BCUT2D eigenvalue weighted by Crippen LogP contribution is -2.49. The Balaban J connectivity index is 1.94. The third kappa shape index (κ3) is 3.22. The minimum Gasteiger partial charge on any atom is -0.508 e. The molecule has 0 aliphatic carbocycles. The van der Waals surface area contributed by atoms with Gasteiger partial charge >= 0.3 is 6.09 Å². The highest BCUT2D eigenvalue weighted by Gasteiger charge is 2.26. The van der Waals surface area contributed by atoms with Crippen LogP contribution in [0.4, 0.5) is 4.79 Å². The lowest BCUT2D eigenvalue weighted by molar-refractivity contribution is 0.0682. The molecule has 5 nitrogen and oxygen atoms in total. The molecule has 0 aromatic heterocycles. The largest absolute Gasteiger partial charge is 0.508 e. The van der Waals surface area contributed by atoms with E-state index >= 15 is 0 Å². The first kappa shape index (κ1) is 14.7. The summed E-state index contributed by atoms with van der Waals surface area (Å²) in [7, 11) is 0. The molecule has 1 aliphatic rings. The molecule has 2 rings (SSSR count). The monoisotopic (exact) mass is 278 g/mol. The van der Waals surface area contributed by atoms with Gasteiger partial charge < -0.3 is 14.7 Å². The number of aromatic hydroxyl groups is 1. The minimum atomic E-state index is -0.234. The van der Waals surface area contributed by atoms with E-state index in [9.17, 15) is 9.90 Å². The number of rotatable bonds is 3. The van der Waals surface area contributed by atoms with Crippen LogP contribution in [0.25, 0.3) is 0 Å². The van der Waals surface area contributed by atoms with E-state index in [1.807, 2.05) is 25.1 Å². The average Bonchev–Trinajstić information content (AvgIpc) is 2.47. The highest BCUT2D eigenvalue weighted by Crippen LogP contribution is 2.28. The van der Waals surface area contributed by atoms with Crippen LogP contribution in [0.2, 0.25) is 0 Å². The number of carbonyl (C=O) groups excluding carboxylic acids is 1. The van der Waals surface area contributed by atoms with E-state index in [0.717, 1.165) is 18.7 Å². The van der Waals surface area contributed by atoms with Crippen molar-refractivity contribution in [1.29, 1.82) is 0 Å². The third-order valence-electron chi connectivity index (χ3n) is 3.77. The predicted octanol–water partition coefficient (Wildman–Crippen LogP) is 2.23. The third-order valence-corrected chi connectivity index (χ3v) is 3.77. The van der Waals surface area contributed by atoms with E-state index in [0.29, 0.717) is 25.4 Å². The summed E-state index contributed by atoms with van der Waals surface area (Å²) in [5.41, 5.74) is 0.928.